The first-order valence-electron chi connectivity index (χ1n) is 13.9. The Morgan fingerprint density at radius 1 is 0.977 bits per heavy atom. The highest BCUT2D eigenvalue weighted by Gasteiger charge is 2.53. The molecule has 0 spiro atoms. The van der Waals surface area contributed by atoms with Crippen LogP contribution in [0.3, 0.4) is 0 Å². The Bertz CT molecular complexity index is 1640. The number of amides is 1. The molecule has 4 aromatic rings. The van der Waals surface area contributed by atoms with Gasteiger partial charge in [-0.15, -0.1) is 0 Å². The number of hydrogen-bond donors (Lipinski definition) is 3. The summed E-state index contributed by atoms with van der Waals surface area (Å²) in [7, 11) is 0. The molecule has 5 rings (SSSR count). The summed E-state index contributed by atoms with van der Waals surface area (Å²) in [5.41, 5.74) is 7.79. The number of carbonyl (C=O) groups is 1. The van der Waals surface area contributed by atoms with Gasteiger partial charge in [0.2, 0.25) is 5.90 Å². The van der Waals surface area contributed by atoms with E-state index in [1.807, 2.05) is 78.9 Å². The highest BCUT2D eigenvalue weighted by Crippen LogP contribution is 2.43. The van der Waals surface area contributed by atoms with Gasteiger partial charge in [0.25, 0.3) is 5.91 Å². The maximum Gasteiger partial charge on any atom is 0.266 e. The number of aliphatic imine (C=N–C) groups is 1. The van der Waals surface area contributed by atoms with Gasteiger partial charge in [-0.2, -0.15) is 0 Å². The Labute approximate surface area is 282 Å². The van der Waals surface area contributed by atoms with Gasteiger partial charge in [-0.1, -0.05) is 91.5 Å². The highest BCUT2D eigenvalue weighted by molar-refractivity contribution is 9.10. The van der Waals surface area contributed by atoms with Crippen LogP contribution in [-0.4, -0.2) is 35.7 Å². The zero-order valence-corrected chi connectivity index (χ0v) is 28.1. The molecule has 1 heterocycles. The monoisotopic (exact) mass is 759 g/mol. The quantitative estimate of drug-likeness (QED) is 0.102. The molecule has 11 heteroatoms. The second-order valence-electron chi connectivity index (χ2n) is 10.2. The zero-order valence-electron chi connectivity index (χ0n) is 23.4. The molecule has 1 aliphatic heterocycles. The van der Waals surface area contributed by atoms with Crippen molar-refractivity contribution < 1.29 is 19.4 Å². The van der Waals surface area contributed by atoms with E-state index in [1.54, 1.807) is 12.1 Å². The summed E-state index contributed by atoms with van der Waals surface area (Å²) in [5, 5.41) is 9.94. The molecule has 7 nitrogen and oxygen atoms in total. The smallest absolute Gasteiger partial charge is 0.266 e. The van der Waals surface area contributed by atoms with E-state index in [1.165, 1.54) is 0 Å². The van der Waals surface area contributed by atoms with Gasteiger partial charge in [0, 0.05) is 40.5 Å². The van der Waals surface area contributed by atoms with Crippen LogP contribution >= 0.6 is 55.1 Å². The Balaban J connectivity index is 1.51. The minimum atomic E-state index is -1.38. The summed E-state index contributed by atoms with van der Waals surface area (Å²) < 4.78 is 14.0. The van der Waals surface area contributed by atoms with Crippen molar-refractivity contribution in [1.82, 2.24) is 10.9 Å². The summed E-state index contributed by atoms with van der Waals surface area (Å²) in [4.78, 5) is 19.4. The second kappa shape index (κ2) is 14.9. The summed E-state index contributed by atoms with van der Waals surface area (Å²) in [5.74, 6) is 0.640. The van der Waals surface area contributed by atoms with Crippen LogP contribution in [0.2, 0.25) is 10.0 Å². The molecule has 0 aromatic heterocycles. The number of aliphatic hydroxyl groups is 1. The van der Waals surface area contributed by atoms with Crippen LogP contribution in [0.4, 0.5) is 0 Å². The van der Waals surface area contributed by atoms with Gasteiger partial charge in [0.15, 0.2) is 11.6 Å². The van der Waals surface area contributed by atoms with Crippen LogP contribution in [-0.2, 0) is 22.5 Å². The van der Waals surface area contributed by atoms with E-state index in [4.69, 9.17) is 42.8 Å². The first-order chi connectivity index (χ1) is 21.3. The van der Waals surface area contributed by atoms with Crippen molar-refractivity contribution in [3.63, 3.8) is 0 Å². The average Bonchev–Trinajstić information content (AvgIpc) is 3.41. The van der Waals surface area contributed by atoms with E-state index < -0.39 is 11.6 Å². The summed E-state index contributed by atoms with van der Waals surface area (Å²) >= 11 is 19.4. The predicted octanol–water partition coefficient (Wildman–Crippen LogP) is 7.60. The Kier molecular flexibility index (Phi) is 11.0. The summed E-state index contributed by atoms with van der Waals surface area (Å²) in [6.07, 6.45) is 0.0458. The zero-order chi connectivity index (χ0) is 31.1. The van der Waals surface area contributed by atoms with E-state index in [0.717, 1.165) is 25.6 Å². The Morgan fingerprint density at radius 2 is 1.73 bits per heavy atom. The number of halogens is 4. The van der Waals surface area contributed by atoms with Crippen molar-refractivity contribution in [2.75, 3.05) is 13.2 Å². The number of rotatable bonds is 12. The van der Waals surface area contributed by atoms with Crippen LogP contribution in [0, 0.1) is 0 Å². The molecular weight excluding hydrogens is 733 g/mol. The van der Waals surface area contributed by atoms with E-state index in [9.17, 15) is 4.79 Å². The van der Waals surface area contributed by atoms with Gasteiger partial charge in [0.05, 0.1) is 16.7 Å². The number of nitrogens with one attached hydrogen (secondary N) is 2. The lowest BCUT2D eigenvalue weighted by molar-refractivity contribution is -0.130. The molecule has 2 atom stereocenters. The maximum atomic E-state index is 14.3. The number of carbonyl (C=O) groups excluding carboxylic acids is 1. The molecule has 0 unspecified atom stereocenters. The summed E-state index contributed by atoms with van der Waals surface area (Å²) in [6, 6.07) is 28.1. The molecular formula is C33H29Br2Cl2N3O4. The fourth-order valence-corrected chi connectivity index (χ4v) is 5.85. The third-order valence-electron chi connectivity index (χ3n) is 7.10. The molecule has 4 aromatic carbocycles. The van der Waals surface area contributed by atoms with Crippen molar-refractivity contribution in [1.29, 1.82) is 0 Å². The van der Waals surface area contributed by atoms with Crippen molar-refractivity contribution in [2.24, 2.45) is 4.99 Å². The molecule has 228 valence electrons. The van der Waals surface area contributed by atoms with Crippen LogP contribution in [0.1, 0.15) is 34.8 Å². The van der Waals surface area contributed by atoms with Gasteiger partial charge in [-0.3, -0.25) is 10.2 Å². The summed E-state index contributed by atoms with van der Waals surface area (Å²) in [6.45, 7) is 0.777. The van der Waals surface area contributed by atoms with Gasteiger partial charge in [0.1, 0.15) is 5.75 Å². The van der Waals surface area contributed by atoms with E-state index >= 15 is 0 Å². The minimum Gasteiger partial charge on any atom is -0.494 e. The number of benzene rings is 4. The standard InChI is InChI=1S/C33H29Br2Cl2N3O4/c34-25-11-7-22(8-12-25)30-33(19-24-4-1-2-5-27(24)35,32(42)40-38-20-21-6-15-28(36)29(37)18-21)39-31(44-30)23-9-13-26(14-10-23)43-17-3-16-41/h1-2,4-15,18,30,38,41H,3,16-17,19-20H2,(H,40,42)/t30-,33-/m0/s1. The average molecular weight is 762 g/mol. The van der Waals surface area contributed by atoms with Crippen LogP contribution in [0.15, 0.2) is 105 Å². The Hall–Kier alpha value is -2.92. The molecule has 44 heavy (non-hydrogen) atoms. The van der Waals surface area contributed by atoms with Gasteiger partial charge >= 0.3 is 0 Å². The second-order valence-corrected chi connectivity index (χ2v) is 12.7. The van der Waals surface area contributed by atoms with Crippen molar-refractivity contribution in [3.8, 4) is 5.75 Å². The minimum absolute atomic E-state index is 0.0597. The number of ether oxygens (including phenoxy) is 2. The molecule has 0 bridgehead atoms. The topological polar surface area (TPSA) is 92.2 Å². The SMILES string of the molecule is O=C(NNCc1ccc(Cl)c(Cl)c1)[C@@]1(Cc2ccccc2Br)N=C(c2ccc(OCCCO)cc2)O[C@H]1c1ccc(Br)cc1. The van der Waals surface area contributed by atoms with E-state index in [0.29, 0.717) is 46.8 Å². The van der Waals surface area contributed by atoms with Gasteiger partial charge in [-0.25, -0.2) is 10.4 Å². The molecule has 0 fully saturated rings. The van der Waals surface area contributed by atoms with Gasteiger partial charge in [-0.05, 0) is 71.3 Å². The fraction of sp³-hybridized carbons (Fsp3) is 0.212. The normalized spacial score (nSPS) is 17.6. The lowest BCUT2D eigenvalue weighted by atomic mass is 9.82. The van der Waals surface area contributed by atoms with Crippen LogP contribution in [0.25, 0.3) is 0 Å². The number of hydrazine groups is 1. The Morgan fingerprint density at radius 3 is 2.43 bits per heavy atom. The van der Waals surface area contributed by atoms with Crippen LogP contribution < -0.4 is 15.6 Å². The van der Waals surface area contributed by atoms with E-state index in [2.05, 4.69) is 42.7 Å². The molecule has 0 aliphatic carbocycles. The first-order valence-corrected chi connectivity index (χ1v) is 16.2. The van der Waals surface area contributed by atoms with Crippen molar-refractivity contribution >= 4 is 66.9 Å². The highest BCUT2D eigenvalue weighted by atomic mass is 79.9. The number of nitrogens with zero attached hydrogens (tertiary/aromatic N) is 1. The van der Waals surface area contributed by atoms with Crippen LogP contribution in [0.5, 0.6) is 5.75 Å². The molecule has 0 saturated heterocycles. The molecule has 0 radical (unpaired) electrons. The number of hydrogen-bond acceptors (Lipinski definition) is 6. The largest absolute Gasteiger partial charge is 0.494 e. The first kappa shape index (κ1) is 32.5. The maximum absolute atomic E-state index is 14.3. The lowest BCUT2D eigenvalue weighted by Gasteiger charge is -2.31. The molecule has 3 N–H and O–H groups in total. The number of aliphatic hydroxyl groups excluding tert-OH is 1. The third-order valence-corrected chi connectivity index (χ3v) is 9.14. The van der Waals surface area contributed by atoms with Crippen molar-refractivity contribution in [2.45, 2.75) is 31.0 Å². The third kappa shape index (κ3) is 7.65. The predicted molar refractivity (Wildman–Crippen MR) is 180 cm³/mol. The molecule has 1 amide bonds. The van der Waals surface area contributed by atoms with Crippen molar-refractivity contribution in [3.05, 3.63) is 132 Å². The molecule has 1 aliphatic rings. The van der Waals surface area contributed by atoms with Gasteiger partial charge < -0.3 is 14.6 Å². The van der Waals surface area contributed by atoms with E-state index in [-0.39, 0.29) is 18.9 Å². The lowest BCUT2D eigenvalue weighted by Crippen LogP contribution is -2.53. The molecule has 0 saturated carbocycles. The fourth-order valence-electron chi connectivity index (χ4n) is 4.84.